The maximum absolute atomic E-state index is 13.7. The lowest BCUT2D eigenvalue weighted by Gasteiger charge is -2.38. The Labute approximate surface area is 174 Å². The fourth-order valence-electron chi connectivity index (χ4n) is 6.28. The van der Waals surface area contributed by atoms with Gasteiger partial charge in [-0.2, -0.15) is 0 Å². The number of carbonyl (C=O) groups excluding carboxylic acids is 2. The molecule has 0 radical (unpaired) electrons. The van der Waals surface area contributed by atoms with E-state index in [0.717, 1.165) is 9.79 Å². The van der Waals surface area contributed by atoms with Gasteiger partial charge in [-0.15, -0.1) is 23.5 Å². The molecule has 0 N–H and O–H groups in total. The Morgan fingerprint density at radius 3 is 2.14 bits per heavy atom. The molecule has 4 heteroatoms. The largest absolute Gasteiger partial charge is 0.298 e. The molecule has 6 aliphatic carbocycles. The molecule has 140 valence electrons. The van der Waals surface area contributed by atoms with Crippen LogP contribution in [-0.2, 0) is 9.59 Å². The molecule has 8 rings (SSSR count). The van der Waals surface area contributed by atoms with E-state index in [1.165, 1.54) is 0 Å². The molecule has 0 amide bonds. The molecule has 6 fully saturated rings. The van der Waals surface area contributed by atoms with Gasteiger partial charge in [-0.05, 0) is 54.3 Å². The van der Waals surface area contributed by atoms with E-state index < -0.39 is 4.75 Å². The van der Waals surface area contributed by atoms with Gasteiger partial charge in [-0.1, -0.05) is 36.4 Å². The van der Waals surface area contributed by atoms with Crippen molar-refractivity contribution in [3.63, 3.8) is 0 Å². The molecule has 2 aromatic rings. The normalized spacial score (nSPS) is 49.4. The molecule has 6 aliphatic rings. The SMILES string of the molecule is [2H][C@H]1[C@H]2C(=O)[C@@H](Sc3ccccc3)[C@H]([C@@]3(Sc4ccccc4)C(=O)C4[C@@H]5C3[C@H]45)[C@@H]12. The van der Waals surface area contributed by atoms with Crippen molar-refractivity contribution in [1.82, 2.24) is 0 Å². The molecule has 0 heterocycles. The van der Waals surface area contributed by atoms with Crippen LogP contribution in [0.4, 0.5) is 0 Å². The standard InChI is InChI=1S/C24H20O2S2/c25-21-15-11-14(15)19(22(21)27-12-7-3-1-4-8-12)24(28-13-9-5-2-6-10-13)20-16-17(20)18(16)23(24)26/h1-10,14-20,22H,11H2/t14-,15+,16-,17+,18?,19+,20?,22-,24-/m0/s1/i11D/t11-,14+,15-,16-,17+,18?,19-,20?,22+,24+/m1. The van der Waals surface area contributed by atoms with Gasteiger partial charge in [0, 0.05) is 28.9 Å². The van der Waals surface area contributed by atoms with Gasteiger partial charge in [0.1, 0.15) is 5.78 Å². The first-order chi connectivity index (χ1) is 14.1. The van der Waals surface area contributed by atoms with Crippen LogP contribution >= 0.6 is 23.5 Å². The summed E-state index contributed by atoms with van der Waals surface area (Å²) in [4.78, 5) is 29.2. The fraction of sp³-hybridized carbons (Fsp3) is 0.417. The van der Waals surface area contributed by atoms with E-state index in [-0.39, 0.29) is 41.1 Å². The Hall–Kier alpha value is -1.52. The quantitative estimate of drug-likeness (QED) is 0.729. The predicted octanol–water partition coefficient (Wildman–Crippen LogP) is 4.59. The zero-order valence-electron chi connectivity index (χ0n) is 16.1. The van der Waals surface area contributed by atoms with Gasteiger partial charge in [0.15, 0.2) is 5.78 Å². The molecule has 28 heavy (non-hydrogen) atoms. The summed E-state index contributed by atoms with van der Waals surface area (Å²) in [5.74, 6) is 2.30. The zero-order chi connectivity index (χ0) is 19.5. The number of hydrogen-bond acceptors (Lipinski definition) is 4. The lowest BCUT2D eigenvalue weighted by atomic mass is 9.83. The number of fused-ring (bicyclic) bond motifs is 2. The minimum atomic E-state index is -0.501. The van der Waals surface area contributed by atoms with Gasteiger partial charge in [0.05, 0.1) is 10.00 Å². The summed E-state index contributed by atoms with van der Waals surface area (Å²) < 4.78 is 7.97. The average molecular weight is 406 g/mol. The number of hydrogen-bond donors (Lipinski definition) is 0. The predicted molar refractivity (Wildman–Crippen MR) is 110 cm³/mol. The summed E-state index contributed by atoms with van der Waals surface area (Å²) in [5.41, 5.74) is 0. The maximum atomic E-state index is 13.7. The zero-order valence-corrected chi connectivity index (χ0v) is 16.7. The monoisotopic (exact) mass is 405 g/mol. The number of benzene rings is 2. The van der Waals surface area contributed by atoms with E-state index in [9.17, 15) is 9.59 Å². The third-order valence-corrected chi connectivity index (χ3v) is 10.5. The number of Topliss-reactive ketones (excluding diaryl/α,β-unsaturated/α-hetero) is 2. The first kappa shape index (κ1) is 15.3. The number of carbonyl (C=O) groups is 2. The van der Waals surface area contributed by atoms with Crippen molar-refractivity contribution in [3.8, 4) is 0 Å². The van der Waals surface area contributed by atoms with E-state index in [4.69, 9.17) is 1.37 Å². The Balaban J connectivity index is 1.32. The molecule has 0 spiro atoms. The van der Waals surface area contributed by atoms with Crippen LogP contribution in [-0.4, -0.2) is 21.6 Å². The van der Waals surface area contributed by atoms with Gasteiger partial charge < -0.3 is 0 Å². The highest BCUT2D eigenvalue weighted by atomic mass is 32.2. The third kappa shape index (κ3) is 1.94. The van der Waals surface area contributed by atoms with E-state index in [2.05, 4.69) is 24.3 Å². The van der Waals surface area contributed by atoms with Crippen molar-refractivity contribution in [2.75, 3.05) is 0 Å². The maximum Gasteiger partial charge on any atom is 0.153 e. The van der Waals surface area contributed by atoms with E-state index >= 15 is 0 Å². The molecule has 0 aliphatic heterocycles. The van der Waals surface area contributed by atoms with E-state index in [1.807, 2.05) is 36.4 Å². The number of thioether (sulfide) groups is 2. The summed E-state index contributed by atoms with van der Waals surface area (Å²) >= 11 is 3.36. The Bertz CT molecular complexity index is 1030. The van der Waals surface area contributed by atoms with Gasteiger partial charge in [-0.25, -0.2) is 0 Å². The fourth-order valence-corrected chi connectivity index (χ4v) is 9.59. The highest BCUT2D eigenvalue weighted by Gasteiger charge is 2.92. The van der Waals surface area contributed by atoms with Crippen molar-refractivity contribution in [1.29, 1.82) is 0 Å². The van der Waals surface area contributed by atoms with Crippen molar-refractivity contribution in [2.45, 2.75) is 26.2 Å². The summed E-state index contributed by atoms with van der Waals surface area (Å²) in [6.45, 7) is 0. The Kier molecular flexibility index (Phi) is 2.92. The highest BCUT2D eigenvalue weighted by molar-refractivity contribution is 8.02. The molecule has 2 unspecified atom stereocenters. The van der Waals surface area contributed by atoms with Crippen LogP contribution in [0.1, 0.15) is 7.77 Å². The molecular weight excluding hydrogens is 384 g/mol. The van der Waals surface area contributed by atoms with Crippen molar-refractivity contribution >= 4 is 35.1 Å². The summed E-state index contributed by atoms with van der Waals surface area (Å²) in [6.07, 6.45) is -0.311. The van der Waals surface area contributed by atoms with E-state index in [0.29, 0.717) is 23.5 Å². The molecule has 0 saturated heterocycles. The first-order valence-corrected chi connectivity index (χ1v) is 11.8. The molecule has 6 saturated carbocycles. The topological polar surface area (TPSA) is 34.1 Å². The van der Waals surface area contributed by atoms with Crippen LogP contribution in [0.2, 0.25) is 0 Å². The second kappa shape index (κ2) is 5.34. The lowest BCUT2D eigenvalue weighted by molar-refractivity contribution is -0.121. The van der Waals surface area contributed by atoms with Crippen LogP contribution < -0.4 is 0 Å². The molecule has 2 aromatic carbocycles. The van der Waals surface area contributed by atoms with Crippen LogP contribution in [0.3, 0.4) is 0 Å². The van der Waals surface area contributed by atoms with E-state index in [1.54, 1.807) is 23.5 Å². The first-order valence-electron chi connectivity index (χ1n) is 10.7. The number of ketones is 2. The molecule has 2 bridgehead atoms. The molecule has 2 nitrogen and oxygen atoms in total. The van der Waals surface area contributed by atoms with Gasteiger partial charge in [0.25, 0.3) is 0 Å². The minimum absolute atomic E-state index is 0.0181. The minimum Gasteiger partial charge on any atom is -0.298 e. The van der Waals surface area contributed by atoms with Crippen LogP contribution in [0, 0.1) is 41.4 Å². The summed E-state index contributed by atoms with van der Waals surface area (Å²) in [5, 5.41) is -0.201. The van der Waals surface area contributed by atoms with Crippen molar-refractivity contribution in [2.24, 2.45) is 41.4 Å². The average Bonchev–Trinajstić information content (AvgIpc) is 3.66. The van der Waals surface area contributed by atoms with Crippen molar-refractivity contribution in [3.05, 3.63) is 60.7 Å². The molecule has 10 atom stereocenters. The second-order valence-corrected chi connectivity index (χ2v) is 11.4. The Morgan fingerprint density at radius 1 is 0.893 bits per heavy atom. The van der Waals surface area contributed by atoms with Crippen LogP contribution in [0.5, 0.6) is 0 Å². The third-order valence-electron chi connectivity index (χ3n) is 7.59. The molecular formula is C24H20O2S2. The van der Waals surface area contributed by atoms with Crippen molar-refractivity contribution < 1.29 is 11.0 Å². The highest BCUT2D eigenvalue weighted by Crippen LogP contribution is 2.88. The van der Waals surface area contributed by atoms with Crippen LogP contribution in [0.25, 0.3) is 0 Å². The second-order valence-electron chi connectivity index (χ2n) is 8.85. The smallest absolute Gasteiger partial charge is 0.153 e. The summed E-state index contributed by atoms with van der Waals surface area (Å²) in [6, 6.07) is 20.3. The van der Waals surface area contributed by atoms with Crippen LogP contribution in [0.15, 0.2) is 70.5 Å². The van der Waals surface area contributed by atoms with Gasteiger partial charge in [0.2, 0.25) is 0 Å². The lowest BCUT2D eigenvalue weighted by Crippen LogP contribution is -2.46. The molecule has 0 aromatic heterocycles. The summed E-state index contributed by atoms with van der Waals surface area (Å²) in [7, 11) is 0. The van der Waals surface area contributed by atoms with Gasteiger partial charge >= 0.3 is 0 Å². The van der Waals surface area contributed by atoms with Gasteiger partial charge in [-0.3, -0.25) is 9.59 Å². The number of rotatable bonds is 5. The Morgan fingerprint density at radius 2 is 1.54 bits per heavy atom.